The van der Waals surface area contributed by atoms with Gasteiger partial charge < -0.3 is 24.1 Å². The molecule has 0 aromatic heterocycles. The number of aliphatic hydroxyl groups excluding tert-OH is 1. The molecule has 0 bridgehead atoms. The maximum absolute atomic E-state index is 12.5. The molecule has 1 aliphatic heterocycles. The third kappa shape index (κ3) is 5.59. The summed E-state index contributed by atoms with van der Waals surface area (Å²) in [5, 5.41) is 9.17. The molecular formula is C21H25NO8. The van der Waals surface area contributed by atoms with Crippen LogP contribution in [0, 0.1) is 0 Å². The fraction of sp³-hybridized carbons (Fsp3) is 0.429. The molecule has 0 spiro atoms. The lowest BCUT2D eigenvalue weighted by molar-refractivity contribution is -0.148. The summed E-state index contributed by atoms with van der Waals surface area (Å²) in [6.45, 7) is 3.65. The first-order valence-electron chi connectivity index (χ1n) is 9.37. The number of nitrogens with zero attached hydrogens (tertiary/aromatic N) is 1. The van der Waals surface area contributed by atoms with E-state index in [-0.39, 0.29) is 30.1 Å². The van der Waals surface area contributed by atoms with Crippen molar-refractivity contribution in [2.75, 3.05) is 13.2 Å². The third-order valence-corrected chi connectivity index (χ3v) is 4.54. The second-order valence-corrected chi connectivity index (χ2v) is 6.72. The fourth-order valence-corrected chi connectivity index (χ4v) is 2.91. The van der Waals surface area contributed by atoms with E-state index in [4.69, 9.17) is 19.3 Å². The van der Waals surface area contributed by atoms with Gasteiger partial charge in [0.15, 0.2) is 30.5 Å². The van der Waals surface area contributed by atoms with Gasteiger partial charge in [0, 0.05) is 18.7 Å². The molecule has 1 aromatic carbocycles. The van der Waals surface area contributed by atoms with Gasteiger partial charge in [0.05, 0.1) is 18.8 Å². The van der Waals surface area contributed by atoms with E-state index >= 15 is 0 Å². The van der Waals surface area contributed by atoms with E-state index in [1.165, 1.54) is 27.0 Å². The highest BCUT2D eigenvalue weighted by Gasteiger charge is 2.51. The molecular weight excluding hydrogens is 394 g/mol. The molecule has 162 valence electrons. The van der Waals surface area contributed by atoms with Gasteiger partial charge in [0.25, 0.3) is 0 Å². The second kappa shape index (κ2) is 10.8. The number of carbonyl (C=O) groups is 4. The standard InChI is InChI=1S/C21H25NO8/c1-13(14(2)25)11-22(15(3)26)20-19(28-10-9-23)18(17(12-24)29-20)30-21(27)16-7-5-4-6-8-16/h4-8,11-12,17-20,23H,9-10H2,1-3H3/b13-11-/t17-,18-,19-,20-/m1/s1. The molecule has 1 heterocycles. The van der Waals surface area contributed by atoms with Crippen LogP contribution in [0.3, 0.4) is 0 Å². The molecule has 30 heavy (non-hydrogen) atoms. The van der Waals surface area contributed by atoms with Crippen molar-refractivity contribution in [1.29, 1.82) is 0 Å². The maximum atomic E-state index is 12.5. The molecule has 1 saturated heterocycles. The van der Waals surface area contributed by atoms with Gasteiger partial charge in [0.2, 0.25) is 5.91 Å². The van der Waals surface area contributed by atoms with Crippen LogP contribution in [-0.2, 0) is 28.6 Å². The zero-order chi connectivity index (χ0) is 22.3. The zero-order valence-corrected chi connectivity index (χ0v) is 17.0. The fourth-order valence-electron chi connectivity index (χ4n) is 2.91. The molecule has 1 aliphatic rings. The minimum Gasteiger partial charge on any atom is -0.453 e. The van der Waals surface area contributed by atoms with Crippen LogP contribution in [0.5, 0.6) is 0 Å². The Bertz CT molecular complexity index is 806. The van der Waals surface area contributed by atoms with Crippen molar-refractivity contribution in [3.8, 4) is 0 Å². The van der Waals surface area contributed by atoms with E-state index in [0.29, 0.717) is 6.29 Å². The lowest BCUT2D eigenvalue weighted by Gasteiger charge is -2.30. The van der Waals surface area contributed by atoms with Gasteiger partial charge in [-0.1, -0.05) is 18.2 Å². The molecule has 0 saturated carbocycles. The molecule has 0 unspecified atom stereocenters. The first-order valence-corrected chi connectivity index (χ1v) is 9.37. The van der Waals surface area contributed by atoms with Gasteiger partial charge in [-0.05, 0) is 26.0 Å². The van der Waals surface area contributed by atoms with Crippen molar-refractivity contribution in [2.45, 2.75) is 45.3 Å². The van der Waals surface area contributed by atoms with E-state index in [0.717, 1.165) is 4.90 Å². The molecule has 1 N–H and O–H groups in total. The van der Waals surface area contributed by atoms with Gasteiger partial charge in [0.1, 0.15) is 6.10 Å². The van der Waals surface area contributed by atoms with Crippen molar-refractivity contribution < 1.29 is 38.5 Å². The molecule has 9 heteroatoms. The molecule has 2 rings (SSSR count). The van der Waals surface area contributed by atoms with E-state index in [2.05, 4.69) is 0 Å². The lowest BCUT2D eigenvalue weighted by atomic mass is 10.1. The molecule has 0 aliphatic carbocycles. The average Bonchev–Trinajstić information content (AvgIpc) is 3.07. The van der Waals surface area contributed by atoms with Gasteiger partial charge in [-0.3, -0.25) is 14.5 Å². The first-order chi connectivity index (χ1) is 14.3. The minimum atomic E-state index is -1.21. The Morgan fingerprint density at radius 1 is 1.13 bits per heavy atom. The van der Waals surface area contributed by atoms with Crippen molar-refractivity contribution in [2.24, 2.45) is 0 Å². The summed E-state index contributed by atoms with van der Waals surface area (Å²) in [7, 11) is 0. The Kier molecular flexibility index (Phi) is 8.40. The summed E-state index contributed by atoms with van der Waals surface area (Å²) in [5.74, 6) is -1.43. The smallest absolute Gasteiger partial charge is 0.338 e. The average molecular weight is 419 g/mol. The van der Waals surface area contributed by atoms with Crippen molar-refractivity contribution >= 4 is 23.9 Å². The van der Waals surface area contributed by atoms with Gasteiger partial charge in [-0.2, -0.15) is 0 Å². The Morgan fingerprint density at radius 2 is 1.80 bits per heavy atom. The van der Waals surface area contributed by atoms with E-state index in [9.17, 15) is 19.2 Å². The van der Waals surface area contributed by atoms with Gasteiger partial charge in [-0.25, -0.2) is 4.79 Å². The predicted octanol–water partition coefficient (Wildman–Crippen LogP) is 0.855. The molecule has 1 fully saturated rings. The number of allylic oxidation sites excluding steroid dienone is 1. The topological polar surface area (TPSA) is 119 Å². The molecule has 1 aromatic rings. The van der Waals surface area contributed by atoms with Crippen LogP contribution in [-0.4, -0.2) is 71.7 Å². The monoisotopic (exact) mass is 419 g/mol. The summed E-state index contributed by atoms with van der Waals surface area (Å²) in [6.07, 6.45) is -2.84. The van der Waals surface area contributed by atoms with E-state index in [1.54, 1.807) is 30.3 Å². The summed E-state index contributed by atoms with van der Waals surface area (Å²) >= 11 is 0. The number of benzene rings is 1. The van der Waals surface area contributed by atoms with E-state index < -0.39 is 36.4 Å². The third-order valence-electron chi connectivity index (χ3n) is 4.54. The SMILES string of the molecule is CC(=O)/C(C)=C\N(C(C)=O)[C@@H]1O[C@H](C=O)[C@@H](OC(=O)c2ccccc2)[C@H]1OCCO. The number of aldehydes is 1. The summed E-state index contributed by atoms with van der Waals surface area (Å²) in [5.41, 5.74) is 0.546. The maximum Gasteiger partial charge on any atom is 0.338 e. The van der Waals surface area contributed by atoms with Crippen LogP contribution in [0.2, 0.25) is 0 Å². The second-order valence-electron chi connectivity index (χ2n) is 6.72. The number of Topliss-reactive ketones (excluding diaryl/α,β-unsaturated/α-hetero) is 1. The number of ether oxygens (including phenoxy) is 3. The Hall–Kier alpha value is -2.88. The number of rotatable bonds is 9. The van der Waals surface area contributed by atoms with E-state index in [1.807, 2.05) is 0 Å². The van der Waals surface area contributed by atoms with Crippen molar-refractivity contribution in [3.63, 3.8) is 0 Å². The van der Waals surface area contributed by atoms with Crippen molar-refractivity contribution in [1.82, 2.24) is 4.90 Å². The number of esters is 1. The van der Waals surface area contributed by atoms with Crippen LogP contribution >= 0.6 is 0 Å². The van der Waals surface area contributed by atoms with Gasteiger partial charge >= 0.3 is 5.97 Å². The number of hydrogen-bond donors (Lipinski definition) is 1. The summed E-state index contributed by atoms with van der Waals surface area (Å²) in [4.78, 5) is 49.1. The van der Waals surface area contributed by atoms with Crippen LogP contribution in [0.4, 0.5) is 0 Å². The predicted molar refractivity (Wildman–Crippen MR) is 104 cm³/mol. The van der Waals surface area contributed by atoms with Crippen LogP contribution in [0.1, 0.15) is 31.1 Å². The minimum absolute atomic E-state index is 0.142. The van der Waals surface area contributed by atoms with Gasteiger partial charge in [-0.15, -0.1) is 0 Å². The van der Waals surface area contributed by atoms with Crippen LogP contribution in [0.15, 0.2) is 42.1 Å². The Morgan fingerprint density at radius 3 is 2.33 bits per heavy atom. The number of amides is 1. The van der Waals surface area contributed by atoms with Crippen molar-refractivity contribution in [3.05, 3.63) is 47.7 Å². The highest BCUT2D eigenvalue weighted by Crippen LogP contribution is 2.30. The largest absolute Gasteiger partial charge is 0.453 e. The summed E-state index contributed by atoms with van der Waals surface area (Å²) < 4.78 is 16.8. The Balaban J connectivity index is 2.37. The molecule has 0 radical (unpaired) electrons. The normalized spacial score (nSPS) is 23.7. The number of hydrogen-bond acceptors (Lipinski definition) is 8. The van der Waals surface area contributed by atoms with Crippen LogP contribution in [0.25, 0.3) is 0 Å². The first kappa shape index (κ1) is 23.4. The number of aliphatic hydroxyl groups is 1. The van der Waals surface area contributed by atoms with Crippen LogP contribution < -0.4 is 0 Å². The highest BCUT2D eigenvalue weighted by molar-refractivity contribution is 5.93. The lowest BCUT2D eigenvalue weighted by Crippen LogP contribution is -2.47. The highest BCUT2D eigenvalue weighted by atomic mass is 16.6. The zero-order valence-electron chi connectivity index (χ0n) is 17.0. The quantitative estimate of drug-likeness (QED) is 0.356. The molecule has 1 amide bonds. The Labute approximate surface area is 174 Å². The molecule has 4 atom stereocenters. The molecule has 9 nitrogen and oxygen atoms in total. The summed E-state index contributed by atoms with van der Waals surface area (Å²) in [6, 6.07) is 8.16. The number of carbonyl (C=O) groups excluding carboxylic acids is 4. The number of ketones is 1.